The van der Waals surface area contributed by atoms with Crippen LogP contribution in [-0.2, 0) is 0 Å². The minimum Gasteiger partial charge on any atom is -0.459 e. The van der Waals surface area contributed by atoms with Crippen molar-refractivity contribution in [1.82, 2.24) is 5.32 Å². The molecule has 1 aromatic heterocycles. The summed E-state index contributed by atoms with van der Waals surface area (Å²) < 4.78 is 5.00. The van der Waals surface area contributed by atoms with Crippen molar-refractivity contribution in [2.45, 2.75) is 19.4 Å². The third kappa shape index (κ3) is 3.10. The van der Waals surface area contributed by atoms with Crippen LogP contribution in [0, 0.1) is 0 Å². The Labute approximate surface area is 88.2 Å². The standard InChI is InChI=1S/C10H15NO2S/c1-3-8(7-14-2)11-10(12)9-5-4-6-13-9/h4-6,8H,3,7H2,1-2H3,(H,11,12). The van der Waals surface area contributed by atoms with E-state index in [9.17, 15) is 4.79 Å². The van der Waals surface area contributed by atoms with Gasteiger partial charge in [0.25, 0.3) is 5.91 Å². The zero-order valence-corrected chi connectivity index (χ0v) is 9.26. The maximum Gasteiger partial charge on any atom is 0.287 e. The number of carbonyl (C=O) groups is 1. The second-order valence-corrected chi connectivity index (χ2v) is 3.92. The highest BCUT2D eigenvalue weighted by Crippen LogP contribution is 2.04. The highest BCUT2D eigenvalue weighted by molar-refractivity contribution is 7.98. The summed E-state index contributed by atoms with van der Waals surface area (Å²) in [5, 5.41) is 2.92. The third-order valence-electron chi connectivity index (χ3n) is 1.94. The molecule has 1 atom stereocenters. The van der Waals surface area contributed by atoms with Gasteiger partial charge in [0.05, 0.1) is 6.26 Å². The Morgan fingerprint density at radius 1 is 1.71 bits per heavy atom. The number of hydrogen-bond donors (Lipinski definition) is 1. The summed E-state index contributed by atoms with van der Waals surface area (Å²) in [5.74, 6) is 1.18. The first-order valence-corrected chi connectivity index (χ1v) is 6.00. The second kappa shape index (κ2) is 5.75. The van der Waals surface area contributed by atoms with Crippen molar-refractivity contribution in [2.75, 3.05) is 12.0 Å². The van der Waals surface area contributed by atoms with Crippen LogP contribution >= 0.6 is 11.8 Å². The molecular weight excluding hydrogens is 198 g/mol. The van der Waals surface area contributed by atoms with E-state index < -0.39 is 0 Å². The van der Waals surface area contributed by atoms with Crippen molar-refractivity contribution in [3.63, 3.8) is 0 Å². The monoisotopic (exact) mass is 213 g/mol. The zero-order chi connectivity index (χ0) is 10.4. The average Bonchev–Trinajstić information content (AvgIpc) is 2.69. The summed E-state index contributed by atoms with van der Waals surface area (Å²) in [6, 6.07) is 3.61. The Morgan fingerprint density at radius 3 is 3.00 bits per heavy atom. The van der Waals surface area contributed by atoms with E-state index >= 15 is 0 Å². The minimum absolute atomic E-state index is 0.129. The van der Waals surface area contributed by atoms with Crippen LogP contribution in [0.4, 0.5) is 0 Å². The second-order valence-electron chi connectivity index (χ2n) is 3.01. The van der Waals surface area contributed by atoms with Crippen LogP contribution in [-0.4, -0.2) is 24.0 Å². The van der Waals surface area contributed by atoms with Crippen LogP contribution in [0.15, 0.2) is 22.8 Å². The Morgan fingerprint density at radius 2 is 2.50 bits per heavy atom. The molecule has 0 aliphatic heterocycles. The molecule has 0 fully saturated rings. The molecular formula is C10H15NO2S. The first kappa shape index (κ1) is 11.2. The summed E-state index contributed by atoms with van der Waals surface area (Å²) in [6.45, 7) is 2.06. The van der Waals surface area contributed by atoms with E-state index in [1.54, 1.807) is 23.9 Å². The fourth-order valence-electron chi connectivity index (χ4n) is 1.13. The van der Waals surface area contributed by atoms with Gasteiger partial charge in [-0.15, -0.1) is 0 Å². The highest BCUT2D eigenvalue weighted by atomic mass is 32.2. The summed E-state index contributed by atoms with van der Waals surface area (Å²) in [7, 11) is 0. The van der Waals surface area contributed by atoms with E-state index in [1.807, 2.05) is 6.26 Å². The fraction of sp³-hybridized carbons (Fsp3) is 0.500. The first-order chi connectivity index (χ1) is 6.77. The smallest absolute Gasteiger partial charge is 0.287 e. The van der Waals surface area contributed by atoms with Crippen LogP contribution in [0.25, 0.3) is 0 Å². The van der Waals surface area contributed by atoms with E-state index in [2.05, 4.69) is 12.2 Å². The number of thioether (sulfide) groups is 1. The number of carbonyl (C=O) groups excluding carboxylic acids is 1. The van der Waals surface area contributed by atoms with Gasteiger partial charge >= 0.3 is 0 Å². The van der Waals surface area contributed by atoms with Gasteiger partial charge in [-0.2, -0.15) is 11.8 Å². The molecule has 0 spiro atoms. The summed E-state index contributed by atoms with van der Waals surface area (Å²) in [6.07, 6.45) is 4.47. The van der Waals surface area contributed by atoms with Gasteiger partial charge in [-0.25, -0.2) is 0 Å². The molecule has 14 heavy (non-hydrogen) atoms. The molecule has 0 aromatic carbocycles. The molecule has 1 N–H and O–H groups in total. The van der Waals surface area contributed by atoms with Crippen LogP contribution in [0.1, 0.15) is 23.9 Å². The van der Waals surface area contributed by atoms with Gasteiger partial charge in [0.2, 0.25) is 0 Å². The predicted molar refractivity (Wildman–Crippen MR) is 58.6 cm³/mol. The molecule has 1 amide bonds. The van der Waals surface area contributed by atoms with Crippen LogP contribution in [0.2, 0.25) is 0 Å². The maximum atomic E-state index is 11.5. The molecule has 4 heteroatoms. The molecule has 3 nitrogen and oxygen atoms in total. The Kier molecular flexibility index (Phi) is 4.59. The molecule has 0 bridgehead atoms. The fourth-order valence-corrected chi connectivity index (χ4v) is 1.85. The van der Waals surface area contributed by atoms with Crippen molar-refractivity contribution in [3.8, 4) is 0 Å². The molecule has 0 saturated heterocycles. The lowest BCUT2D eigenvalue weighted by molar-refractivity contribution is 0.0912. The summed E-state index contributed by atoms with van der Waals surface area (Å²) in [4.78, 5) is 11.5. The van der Waals surface area contributed by atoms with Crippen molar-refractivity contribution in [1.29, 1.82) is 0 Å². The molecule has 0 saturated carbocycles. The SMILES string of the molecule is CCC(CSC)NC(=O)c1ccco1. The van der Waals surface area contributed by atoms with Crippen molar-refractivity contribution < 1.29 is 9.21 Å². The largest absolute Gasteiger partial charge is 0.459 e. The van der Waals surface area contributed by atoms with Gasteiger partial charge in [-0.05, 0) is 24.8 Å². The maximum absolute atomic E-state index is 11.5. The quantitative estimate of drug-likeness (QED) is 0.815. The lowest BCUT2D eigenvalue weighted by atomic mass is 10.2. The summed E-state index contributed by atoms with van der Waals surface area (Å²) in [5.41, 5.74) is 0. The molecule has 1 heterocycles. The highest BCUT2D eigenvalue weighted by Gasteiger charge is 2.13. The third-order valence-corrected chi connectivity index (χ3v) is 2.68. The minimum atomic E-state index is -0.129. The van der Waals surface area contributed by atoms with Crippen LogP contribution in [0.3, 0.4) is 0 Å². The van der Waals surface area contributed by atoms with Gasteiger partial charge in [0, 0.05) is 11.8 Å². The number of nitrogens with one attached hydrogen (secondary N) is 1. The Bertz CT molecular complexity index is 272. The van der Waals surface area contributed by atoms with Gasteiger partial charge in [-0.3, -0.25) is 4.79 Å². The van der Waals surface area contributed by atoms with Gasteiger partial charge < -0.3 is 9.73 Å². The van der Waals surface area contributed by atoms with Crippen LogP contribution < -0.4 is 5.32 Å². The molecule has 78 valence electrons. The van der Waals surface area contributed by atoms with E-state index in [-0.39, 0.29) is 11.9 Å². The van der Waals surface area contributed by atoms with Gasteiger partial charge in [0.15, 0.2) is 5.76 Å². The van der Waals surface area contributed by atoms with E-state index in [4.69, 9.17) is 4.42 Å². The summed E-state index contributed by atoms with van der Waals surface area (Å²) >= 11 is 1.73. The Balaban J connectivity index is 2.47. The average molecular weight is 213 g/mol. The van der Waals surface area contributed by atoms with E-state index in [0.717, 1.165) is 12.2 Å². The number of amides is 1. The van der Waals surface area contributed by atoms with Gasteiger partial charge in [0.1, 0.15) is 0 Å². The van der Waals surface area contributed by atoms with E-state index in [0.29, 0.717) is 5.76 Å². The molecule has 0 radical (unpaired) electrons. The van der Waals surface area contributed by atoms with Gasteiger partial charge in [-0.1, -0.05) is 6.92 Å². The molecule has 0 aliphatic carbocycles. The normalized spacial score (nSPS) is 12.4. The topological polar surface area (TPSA) is 42.2 Å². The lowest BCUT2D eigenvalue weighted by Crippen LogP contribution is -2.35. The molecule has 1 aromatic rings. The molecule has 1 unspecified atom stereocenters. The first-order valence-electron chi connectivity index (χ1n) is 4.61. The lowest BCUT2D eigenvalue weighted by Gasteiger charge is -2.14. The van der Waals surface area contributed by atoms with Crippen molar-refractivity contribution in [2.24, 2.45) is 0 Å². The number of hydrogen-bond acceptors (Lipinski definition) is 3. The van der Waals surface area contributed by atoms with Crippen molar-refractivity contribution in [3.05, 3.63) is 24.2 Å². The van der Waals surface area contributed by atoms with E-state index in [1.165, 1.54) is 6.26 Å². The van der Waals surface area contributed by atoms with Crippen LogP contribution in [0.5, 0.6) is 0 Å². The van der Waals surface area contributed by atoms with Crippen molar-refractivity contribution >= 4 is 17.7 Å². The zero-order valence-electron chi connectivity index (χ0n) is 8.45. The number of rotatable bonds is 5. The predicted octanol–water partition coefficient (Wildman–Crippen LogP) is 2.15. The Hall–Kier alpha value is -0.900. The molecule has 1 rings (SSSR count). The number of furan rings is 1. The molecule has 0 aliphatic rings.